The van der Waals surface area contributed by atoms with E-state index >= 15 is 8.78 Å². The molecule has 1 fully saturated rings. The van der Waals surface area contributed by atoms with E-state index in [0.29, 0.717) is 17.7 Å². The number of rotatable bonds is 7. The first-order chi connectivity index (χ1) is 19.9. The Labute approximate surface area is 236 Å². The molecule has 2 aliphatic heterocycles. The molecule has 2 bridgehead atoms. The molecule has 2 amide bonds. The summed E-state index contributed by atoms with van der Waals surface area (Å²) in [6.07, 6.45) is -0.822. The minimum atomic E-state index is -3.33. The highest BCUT2D eigenvalue weighted by Gasteiger charge is 2.53. The highest BCUT2D eigenvalue weighted by atomic mass is 19.3. The molecule has 3 aromatic rings. The fourth-order valence-corrected chi connectivity index (χ4v) is 5.29. The van der Waals surface area contributed by atoms with Crippen LogP contribution in [0.3, 0.4) is 0 Å². The van der Waals surface area contributed by atoms with Crippen molar-refractivity contribution in [1.29, 1.82) is 0 Å². The topological polar surface area (TPSA) is 89.9 Å². The number of ether oxygens (including phenoxy) is 2. The van der Waals surface area contributed by atoms with E-state index in [1.54, 1.807) is 30.3 Å². The minimum Gasteiger partial charge on any atom is -0.483 e. The smallest absolute Gasteiger partial charge is 0.275 e. The SMILES string of the molecule is CO[C@@H]1CC(F)(F)[C@H](C)N2C[C@H]1n1cc(C(=O)NCc3c(F)cc(F)cc3F)c(=O)c(OCc3ccccc3)c1C2=O. The van der Waals surface area contributed by atoms with Gasteiger partial charge in [-0.1, -0.05) is 30.3 Å². The number of alkyl halides is 2. The maximum absolute atomic E-state index is 15.1. The Morgan fingerprint density at radius 3 is 2.40 bits per heavy atom. The predicted molar refractivity (Wildman–Crippen MR) is 139 cm³/mol. The number of pyridine rings is 1. The van der Waals surface area contributed by atoms with Crippen molar-refractivity contribution in [2.24, 2.45) is 0 Å². The van der Waals surface area contributed by atoms with E-state index in [2.05, 4.69) is 5.32 Å². The summed E-state index contributed by atoms with van der Waals surface area (Å²) in [4.78, 5) is 41.5. The van der Waals surface area contributed by atoms with Gasteiger partial charge in [-0.15, -0.1) is 0 Å². The summed E-state index contributed by atoms with van der Waals surface area (Å²) < 4.78 is 84.3. The standard InChI is InChI=1S/C29H26F5N3O5/c1-15-29(33,34)10-23(41-2)22-13-36(15)28(40)24-26(42-14-16-6-4-3-5-7-16)25(38)19(12-37(22)24)27(39)35-11-18-20(31)8-17(30)9-21(18)32/h3-9,12,15,22-23H,10-11,13-14H2,1-2H3,(H,35,39)/t15-,22+,23+/m0/s1. The number of nitrogens with zero attached hydrogens (tertiary/aromatic N) is 2. The molecule has 1 aromatic heterocycles. The van der Waals surface area contributed by atoms with Crippen molar-refractivity contribution in [3.63, 3.8) is 0 Å². The molecule has 2 aromatic carbocycles. The lowest BCUT2D eigenvalue weighted by Gasteiger charge is -2.39. The Kier molecular flexibility index (Phi) is 7.80. The quantitative estimate of drug-likeness (QED) is 0.416. The van der Waals surface area contributed by atoms with Crippen LogP contribution in [0, 0.1) is 17.5 Å². The van der Waals surface area contributed by atoms with Crippen LogP contribution >= 0.6 is 0 Å². The molecule has 1 saturated heterocycles. The molecule has 222 valence electrons. The van der Waals surface area contributed by atoms with Crippen molar-refractivity contribution in [2.45, 2.75) is 50.6 Å². The average Bonchev–Trinajstić information content (AvgIpc) is 3.03. The molecule has 0 saturated carbocycles. The number of methoxy groups -OCH3 is 1. The van der Waals surface area contributed by atoms with Crippen LogP contribution in [0.5, 0.6) is 5.75 Å². The van der Waals surface area contributed by atoms with Crippen molar-refractivity contribution in [2.75, 3.05) is 13.7 Å². The summed E-state index contributed by atoms with van der Waals surface area (Å²) >= 11 is 0. The molecule has 0 spiro atoms. The monoisotopic (exact) mass is 591 g/mol. The van der Waals surface area contributed by atoms with E-state index in [1.165, 1.54) is 18.6 Å². The van der Waals surface area contributed by atoms with Gasteiger partial charge >= 0.3 is 0 Å². The number of amides is 2. The summed E-state index contributed by atoms with van der Waals surface area (Å²) in [5.41, 5.74) is -1.95. The van der Waals surface area contributed by atoms with E-state index in [1.807, 2.05) is 0 Å². The average molecular weight is 592 g/mol. The second-order valence-corrected chi connectivity index (χ2v) is 10.2. The Balaban J connectivity index is 1.60. The molecule has 8 nitrogen and oxygen atoms in total. The Morgan fingerprint density at radius 2 is 1.76 bits per heavy atom. The molecule has 3 atom stereocenters. The van der Waals surface area contributed by atoms with Gasteiger partial charge in [0, 0.05) is 50.5 Å². The lowest BCUT2D eigenvalue weighted by atomic mass is 10.0. The third-order valence-electron chi connectivity index (χ3n) is 7.68. The summed E-state index contributed by atoms with van der Waals surface area (Å²) in [6.45, 7) is 0.0756. The Bertz CT molecular complexity index is 1570. The summed E-state index contributed by atoms with van der Waals surface area (Å²) in [7, 11) is 1.24. The maximum atomic E-state index is 15.1. The highest BCUT2D eigenvalue weighted by Crippen LogP contribution is 2.42. The van der Waals surface area contributed by atoms with Crippen molar-refractivity contribution in [1.82, 2.24) is 14.8 Å². The molecular formula is C29H26F5N3O5. The van der Waals surface area contributed by atoms with Crippen LogP contribution in [0.15, 0.2) is 53.5 Å². The zero-order valence-corrected chi connectivity index (χ0v) is 22.5. The first-order valence-corrected chi connectivity index (χ1v) is 13.0. The second-order valence-electron chi connectivity index (χ2n) is 10.2. The van der Waals surface area contributed by atoms with Crippen LogP contribution in [-0.4, -0.2) is 53.0 Å². The molecule has 42 heavy (non-hydrogen) atoms. The van der Waals surface area contributed by atoms with Gasteiger partial charge in [-0.25, -0.2) is 22.0 Å². The third kappa shape index (κ3) is 5.24. The molecule has 0 aliphatic carbocycles. The van der Waals surface area contributed by atoms with Gasteiger partial charge in [0.2, 0.25) is 5.43 Å². The van der Waals surface area contributed by atoms with Crippen molar-refractivity contribution in [3.05, 3.63) is 98.7 Å². The third-order valence-corrected chi connectivity index (χ3v) is 7.68. The van der Waals surface area contributed by atoms with E-state index in [9.17, 15) is 27.6 Å². The largest absolute Gasteiger partial charge is 0.483 e. The van der Waals surface area contributed by atoms with Gasteiger partial charge in [-0.05, 0) is 12.5 Å². The van der Waals surface area contributed by atoms with Crippen LogP contribution in [-0.2, 0) is 17.9 Å². The summed E-state index contributed by atoms with van der Waals surface area (Å²) in [6, 6.07) is 7.01. The molecule has 2 aliphatic rings. The van der Waals surface area contributed by atoms with E-state index in [4.69, 9.17) is 9.47 Å². The Morgan fingerprint density at radius 1 is 1.10 bits per heavy atom. The first kappa shape index (κ1) is 29.2. The minimum absolute atomic E-state index is 0.197. The van der Waals surface area contributed by atoms with Crippen molar-refractivity contribution < 1.29 is 41.0 Å². The number of carbonyl (C=O) groups excluding carboxylic acids is 2. The van der Waals surface area contributed by atoms with Crippen LogP contribution in [0.2, 0.25) is 0 Å². The maximum Gasteiger partial charge on any atom is 0.275 e. The lowest BCUT2D eigenvalue weighted by molar-refractivity contribution is -0.0849. The molecule has 0 radical (unpaired) electrons. The number of hydrogen-bond acceptors (Lipinski definition) is 5. The molecule has 1 N–H and O–H groups in total. The number of halogens is 5. The highest BCUT2D eigenvalue weighted by molar-refractivity contribution is 5.99. The van der Waals surface area contributed by atoms with Crippen LogP contribution in [0.25, 0.3) is 0 Å². The zero-order chi connectivity index (χ0) is 30.3. The zero-order valence-electron chi connectivity index (χ0n) is 22.5. The lowest BCUT2D eigenvalue weighted by Crippen LogP contribution is -2.52. The van der Waals surface area contributed by atoms with Gasteiger partial charge in [0.15, 0.2) is 11.4 Å². The molecule has 13 heteroatoms. The summed E-state index contributed by atoms with van der Waals surface area (Å²) in [5.74, 6) is -9.49. The van der Waals surface area contributed by atoms with Gasteiger partial charge in [-0.2, -0.15) is 0 Å². The normalized spacial score (nSPS) is 21.0. The molecule has 3 heterocycles. The second kappa shape index (κ2) is 11.2. The van der Waals surface area contributed by atoms with Crippen LogP contribution < -0.4 is 15.5 Å². The van der Waals surface area contributed by atoms with Crippen LogP contribution in [0.4, 0.5) is 22.0 Å². The number of hydrogen-bond donors (Lipinski definition) is 1. The number of benzene rings is 2. The number of carbonyl (C=O) groups is 2. The van der Waals surface area contributed by atoms with Gasteiger partial charge in [0.25, 0.3) is 17.7 Å². The van der Waals surface area contributed by atoms with E-state index in [-0.39, 0.29) is 18.8 Å². The van der Waals surface area contributed by atoms with E-state index in [0.717, 1.165) is 11.1 Å². The molecule has 5 rings (SSSR count). The summed E-state index contributed by atoms with van der Waals surface area (Å²) in [5, 5.41) is 2.23. The number of fused-ring (bicyclic) bond motifs is 4. The fraction of sp³-hybridized carbons (Fsp3) is 0.345. The molecule has 0 unspecified atom stereocenters. The van der Waals surface area contributed by atoms with Crippen molar-refractivity contribution in [3.8, 4) is 5.75 Å². The Hall–Kier alpha value is -4.26. The van der Waals surface area contributed by atoms with Crippen molar-refractivity contribution >= 4 is 11.8 Å². The van der Waals surface area contributed by atoms with Gasteiger partial charge in [0.05, 0.1) is 18.2 Å². The van der Waals surface area contributed by atoms with Gasteiger partial charge < -0.3 is 24.3 Å². The predicted octanol–water partition coefficient (Wildman–Crippen LogP) is 4.21. The fourth-order valence-electron chi connectivity index (χ4n) is 5.29. The van der Waals surface area contributed by atoms with E-state index < -0.39 is 88.6 Å². The first-order valence-electron chi connectivity index (χ1n) is 13.0. The number of aromatic nitrogens is 1. The van der Waals surface area contributed by atoms with Gasteiger partial charge in [-0.3, -0.25) is 14.4 Å². The van der Waals surface area contributed by atoms with Crippen LogP contribution in [0.1, 0.15) is 51.4 Å². The van der Waals surface area contributed by atoms with Gasteiger partial charge in [0.1, 0.15) is 29.6 Å². The molecular weight excluding hydrogens is 565 g/mol. The number of nitrogens with one attached hydrogen (secondary N) is 1.